The maximum Gasteiger partial charge on any atom is 0.191 e. The summed E-state index contributed by atoms with van der Waals surface area (Å²) in [5.41, 5.74) is 0.514. The molecule has 2 heterocycles. The molecule has 0 aliphatic carbocycles. The average molecular weight is 413 g/mol. The SMILES string of the molecule is CN=C(NCC1CCCO1)NCC(c1c(F)cccc1Cl)N1CCOC(C)C1. The Morgan fingerprint density at radius 2 is 2.21 bits per heavy atom. The minimum absolute atomic E-state index is 0.0961. The normalized spacial score (nSPS) is 24.9. The summed E-state index contributed by atoms with van der Waals surface area (Å²) in [6.07, 6.45) is 2.47. The predicted molar refractivity (Wildman–Crippen MR) is 109 cm³/mol. The summed E-state index contributed by atoms with van der Waals surface area (Å²) in [4.78, 5) is 6.51. The molecule has 0 saturated carbocycles. The van der Waals surface area contributed by atoms with Crippen molar-refractivity contribution in [2.24, 2.45) is 4.99 Å². The standard InChI is InChI=1S/C20H30ClFN4O2/c1-14-13-26(8-10-27-14)18(19-16(21)6-3-7-17(19)22)12-25-20(23-2)24-11-15-5-4-9-28-15/h3,6-7,14-15,18H,4-5,8-13H2,1-2H3,(H2,23,24,25). The number of nitrogens with one attached hydrogen (secondary N) is 2. The average Bonchev–Trinajstić information content (AvgIpc) is 3.20. The highest BCUT2D eigenvalue weighted by molar-refractivity contribution is 6.31. The van der Waals surface area contributed by atoms with E-state index in [9.17, 15) is 4.39 Å². The molecule has 0 amide bonds. The monoisotopic (exact) mass is 412 g/mol. The maximum atomic E-state index is 14.7. The van der Waals surface area contributed by atoms with Crippen LogP contribution in [0.4, 0.5) is 4.39 Å². The number of benzene rings is 1. The van der Waals surface area contributed by atoms with Crippen LogP contribution in [0, 0.1) is 5.82 Å². The number of halogens is 2. The molecular formula is C20H30ClFN4O2. The van der Waals surface area contributed by atoms with Gasteiger partial charge in [-0.1, -0.05) is 17.7 Å². The van der Waals surface area contributed by atoms with Gasteiger partial charge in [-0.3, -0.25) is 9.89 Å². The lowest BCUT2D eigenvalue weighted by Gasteiger charge is -2.38. The Kier molecular flexibility index (Phi) is 7.91. The number of ether oxygens (including phenoxy) is 2. The van der Waals surface area contributed by atoms with Gasteiger partial charge in [-0.25, -0.2) is 4.39 Å². The molecule has 0 bridgehead atoms. The molecule has 0 radical (unpaired) electrons. The molecule has 1 aromatic carbocycles. The van der Waals surface area contributed by atoms with Gasteiger partial charge in [0.2, 0.25) is 0 Å². The summed E-state index contributed by atoms with van der Waals surface area (Å²) in [5, 5.41) is 7.08. The second kappa shape index (κ2) is 10.4. The number of aliphatic imine (C=N–C) groups is 1. The Bertz CT molecular complexity index is 649. The molecule has 28 heavy (non-hydrogen) atoms. The molecule has 2 saturated heterocycles. The summed E-state index contributed by atoms with van der Waals surface area (Å²) in [5.74, 6) is 0.384. The van der Waals surface area contributed by atoms with E-state index in [-0.39, 0.29) is 24.1 Å². The second-order valence-electron chi connectivity index (χ2n) is 7.30. The van der Waals surface area contributed by atoms with Gasteiger partial charge in [0.25, 0.3) is 0 Å². The van der Waals surface area contributed by atoms with Crippen LogP contribution in [0.5, 0.6) is 0 Å². The van der Waals surface area contributed by atoms with Crippen LogP contribution in [0.2, 0.25) is 5.02 Å². The first-order valence-electron chi connectivity index (χ1n) is 9.94. The van der Waals surface area contributed by atoms with Crippen molar-refractivity contribution in [1.82, 2.24) is 15.5 Å². The number of hydrogen-bond acceptors (Lipinski definition) is 4. The Morgan fingerprint density at radius 3 is 2.89 bits per heavy atom. The van der Waals surface area contributed by atoms with Gasteiger partial charge in [0, 0.05) is 50.4 Å². The van der Waals surface area contributed by atoms with Crippen LogP contribution in [0.3, 0.4) is 0 Å². The van der Waals surface area contributed by atoms with E-state index in [0.29, 0.717) is 36.2 Å². The lowest BCUT2D eigenvalue weighted by Crippen LogP contribution is -2.49. The van der Waals surface area contributed by atoms with Gasteiger partial charge in [-0.05, 0) is 31.9 Å². The van der Waals surface area contributed by atoms with Gasteiger partial charge in [0.05, 0.1) is 24.9 Å². The Morgan fingerprint density at radius 1 is 1.36 bits per heavy atom. The van der Waals surface area contributed by atoms with Crippen molar-refractivity contribution in [3.63, 3.8) is 0 Å². The lowest BCUT2D eigenvalue weighted by molar-refractivity contribution is -0.0343. The van der Waals surface area contributed by atoms with Crippen LogP contribution < -0.4 is 10.6 Å². The summed E-state index contributed by atoms with van der Waals surface area (Å²) in [6.45, 7) is 6.11. The molecule has 156 valence electrons. The summed E-state index contributed by atoms with van der Waals surface area (Å²) < 4.78 is 26.0. The van der Waals surface area contributed by atoms with E-state index in [1.165, 1.54) is 6.07 Å². The third-order valence-corrected chi connectivity index (χ3v) is 5.58. The van der Waals surface area contributed by atoms with E-state index in [1.54, 1.807) is 19.2 Å². The van der Waals surface area contributed by atoms with E-state index in [0.717, 1.165) is 32.5 Å². The first-order chi connectivity index (χ1) is 13.6. The molecule has 0 aromatic heterocycles. The Balaban J connectivity index is 1.69. The maximum absolute atomic E-state index is 14.7. The number of rotatable bonds is 6. The largest absolute Gasteiger partial charge is 0.376 e. The zero-order valence-corrected chi connectivity index (χ0v) is 17.3. The topological polar surface area (TPSA) is 58.1 Å². The smallest absolute Gasteiger partial charge is 0.191 e. The zero-order valence-electron chi connectivity index (χ0n) is 16.6. The van der Waals surface area contributed by atoms with Crippen molar-refractivity contribution >= 4 is 17.6 Å². The second-order valence-corrected chi connectivity index (χ2v) is 7.70. The fourth-order valence-corrected chi connectivity index (χ4v) is 4.09. The van der Waals surface area contributed by atoms with Gasteiger partial charge >= 0.3 is 0 Å². The molecule has 2 N–H and O–H groups in total. The molecule has 2 aliphatic rings. The molecule has 0 spiro atoms. The van der Waals surface area contributed by atoms with Crippen molar-refractivity contribution in [2.75, 3.05) is 46.4 Å². The van der Waals surface area contributed by atoms with Crippen LogP contribution in [0.15, 0.2) is 23.2 Å². The number of nitrogens with zero attached hydrogens (tertiary/aromatic N) is 2. The minimum Gasteiger partial charge on any atom is -0.376 e. The summed E-state index contributed by atoms with van der Waals surface area (Å²) in [6, 6.07) is 4.61. The van der Waals surface area contributed by atoms with Gasteiger partial charge in [-0.15, -0.1) is 0 Å². The first-order valence-corrected chi connectivity index (χ1v) is 10.3. The molecule has 1 aromatic rings. The van der Waals surface area contributed by atoms with E-state index in [4.69, 9.17) is 21.1 Å². The summed E-state index contributed by atoms with van der Waals surface area (Å²) >= 11 is 6.39. The highest BCUT2D eigenvalue weighted by Gasteiger charge is 2.29. The summed E-state index contributed by atoms with van der Waals surface area (Å²) in [7, 11) is 1.73. The Hall–Kier alpha value is -1.41. The van der Waals surface area contributed by atoms with E-state index >= 15 is 0 Å². The van der Waals surface area contributed by atoms with Crippen molar-refractivity contribution < 1.29 is 13.9 Å². The number of morpholine rings is 1. The minimum atomic E-state index is -0.291. The number of guanidine groups is 1. The third-order valence-electron chi connectivity index (χ3n) is 5.25. The van der Waals surface area contributed by atoms with Gasteiger partial charge < -0.3 is 20.1 Å². The van der Waals surface area contributed by atoms with Gasteiger partial charge in [0.15, 0.2) is 5.96 Å². The molecule has 2 aliphatic heterocycles. The first kappa shape index (κ1) is 21.3. The van der Waals surface area contributed by atoms with Crippen LogP contribution >= 0.6 is 11.6 Å². The van der Waals surface area contributed by atoms with Crippen LogP contribution in [-0.4, -0.2) is 69.5 Å². The highest BCUT2D eigenvalue weighted by atomic mass is 35.5. The van der Waals surface area contributed by atoms with Crippen LogP contribution in [0.1, 0.15) is 31.4 Å². The van der Waals surface area contributed by atoms with E-state index in [2.05, 4.69) is 20.5 Å². The predicted octanol–water partition coefficient (Wildman–Crippen LogP) is 2.58. The molecule has 3 unspecified atom stereocenters. The van der Waals surface area contributed by atoms with Crippen molar-refractivity contribution in [2.45, 2.75) is 38.0 Å². The van der Waals surface area contributed by atoms with Crippen molar-refractivity contribution in [3.05, 3.63) is 34.6 Å². The third kappa shape index (κ3) is 5.56. The van der Waals surface area contributed by atoms with Crippen LogP contribution in [-0.2, 0) is 9.47 Å². The molecule has 3 atom stereocenters. The van der Waals surface area contributed by atoms with E-state index in [1.807, 2.05) is 6.92 Å². The highest BCUT2D eigenvalue weighted by Crippen LogP contribution is 2.31. The van der Waals surface area contributed by atoms with E-state index < -0.39 is 0 Å². The zero-order chi connectivity index (χ0) is 19.9. The lowest BCUT2D eigenvalue weighted by atomic mass is 10.0. The van der Waals surface area contributed by atoms with Crippen molar-refractivity contribution in [3.8, 4) is 0 Å². The number of hydrogen-bond donors (Lipinski definition) is 2. The molecule has 8 heteroatoms. The molecule has 3 rings (SSSR count). The fraction of sp³-hybridized carbons (Fsp3) is 0.650. The van der Waals surface area contributed by atoms with Crippen molar-refractivity contribution in [1.29, 1.82) is 0 Å². The molecule has 2 fully saturated rings. The van der Waals surface area contributed by atoms with Gasteiger partial charge in [-0.2, -0.15) is 0 Å². The molecular weight excluding hydrogens is 383 g/mol. The van der Waals surface area contributed by atoms with Crippen LogP contribution in [0.25, 0.3) is 0 Å². The molecule has 6 nitrogen and oxygen atoms in total. The fourth-order valence-electron chi connectivity index (χ4n) is 3.80. The Labute approximate surface area is 171 Å². The quantitative estimate of drug-likeness (QED) is 0.555. The van der Waals surface area contributed by atoms with Gasteiger partial charge in [0.1, 0.15) is 5.82 Å².